The third-order valence-electron chi connectivity index (χ3n) is 6.60. The molecule has 1 aromatic rings. The summed E-state index contributed by atoms with van der Waals surface area (Å²) >= 11 is 0. The van der Waals surface area contributed by atoms with Crippen molar-refractivity contribution in [2.45, 2.75) is 50.2 Å². The first kappa shape index (κ1) is 12.2. The summed E-state index contributed by atoms with van der Waals surface area (Å²) in [5.74, 6) is 1.97. The van der Waals surface area contributed by atoms with Crippen molar-refractivity contribution in [1.29, 1.82) is 0 Å². The monoisotopic (exact) mass is 283 g/mol. The van der Waals surface area contributed by atoms with Gasteiger partial charge in [0.05, 0.1) is 0 Å². The first-order valence-electron chi connectivity index (χ1n) is 8.15. The normalized spacial score (nSPS) is 39.9. The molecule has 1 saturated carbocycles. The van der Waals surface area contributed by atoms with E-state index in [0.29, 0.717) is 24.2 Å². The fraction of sp³-hybridized carbons (Fsp3) is 0.611. The first-order valence-corrected chi connectivity index (χ1v) is 8.15. The van der Waals surface area contributed by atoms with Gasteiger partial charge in [-0.05, 0) is 56.8 Å². The van der Waals surface area contributed by atoms with E-state index in [0.717, 1.165) is 31.6 Å². The van der Waals surface area contributed by atoms with Gasteiger partial charge in [-0.15, -0.1) is 0 Å². The molecule has 0 amide bonds. The minimum Gasteiger partial charge on any atom is -0.481 e. The maximum Gasteiger partial charge on any atom is 0.174 e. The number of likely N-dealkylation sites (N-methyl/N-ethyl adjacent to an activating group) is 1. The lowest BCUT2D eigenvalue weighted by Crippen LogP contribution is -2.65. The Bertz CT molecular complexity index is 667. The fourth-order valence-electron chi connectivity index (χ4n) is 5.67. The lowest BCUT2D eigenvalue weighted by molar-refractivity contribution is -0.138. The minimum absolute atomic E-state index is 0.0125. The number of carbonyl (C=O) groups is 1. The third-order valence-corrected chi connectivity index (χ3v) is 6.60. The van der Waals surface area contributed by atoms with E-state index in [4.69, 9.17) is 4.74 Å². The Morgan fingerprint density at radius 1 is 1.38 bits per heavy atom. The van der Waals surface area contributed by atoms with Gasteiger partial charge in [0.25, 0.3) is 0 Å². The van der Waals surface area contributed by atoms with Crippen LogP contribution in [0.3, 0.4) is 0 Å². The number of hydrogen-bond acceptors (Lipinski definition) is 3. The van der Waals surface area contributed by atoms with Crippen molar-refractivity contribution in [3.05, 3.63) is 28.8 Å². The number of ketones is 1. The Hall–Kier alpha value is -1.35. The van der Waals surface area contributed by atoms with Crippen molar-refractivity contribution in [2.24, 2.45) is 5.92 Å². The lowest BCUT2D eigenvalue weighted by Gasteiger charge is -2.57. The molecule has 110 valence electrons. The zero-order valence-corrected chi connectivity index (χ0v) is 12.7. The standard InChI is InChI=1S/C18H21NO2/c1-10-3-4-11-9-13-12-5-6-14(20)17-18(12,7-8-19(13)2)15(11)16(10)21-17/h3-4,12-13,17H,5-9H2,1-2H3/t12-,13+,17-,18-/m1/s1. The van der Waals surface area contributed by atoms with Crippen molar-refractivity contribution < 1.29 is 9.53 Å². The van der Waals surface area contributed by atoms with E-state index >= 15 is 0 Å². The van der Waals surface area contributed by atoms with Crippen molar-refractivity contribution in [1.82, 2.24) is 4.90 Å². The Morgan fingerprint density at radius 3 is 3.10 bits per heavy atom. The number of aryl methyl sites for hydroxylation is 1. The summed E-state index contributed by atoms with van der Waals surface area (Å²) in [6.07, 6.45) is 3.73. The molecule has 2 heterocycles. The van der Waals surface area contributed by atoms with Crippen LogP contribution < -0.4 is 4.74 Å². The molecule has 2 aliphatic carbocycles. The molecule has 1 saturated heterocycles. The van der Waals surface area contributed by atoms with Gasteiger partial charge in [-0.2, -0.15) is 0 Å². The molecule has 2 aliphatic heterocycles. The van der Waals surface area contributed by atoms with Crippen LogP contribution in [0.5, 0.6) is 5.75 Å². The van der Waals surface area contributed by atoms with Gasteiger partial charge in [0.2, 0.25) is 0 Å². The number of nitrogens with zero attached hydrogens (tertiary/aromatic N) is 1. The van der Waals surface area contributed by atoms with Crippen LogP contribution in [0.2, 0.25) is 0 Å². The van der Waals surface area contributed by atoms with E-state index in [1.807, 2.05) is 0 Å². The van der Waals surface area contributed by atoms with Crippen LogP contribution in [0.4, 0.5) is 0 Å². The van der Waals surface area contributed by atoms with E-state index in [9.17, 15) is 4.79 Å². The quantitative estimate of drug-likeness (QED) is 0.731. The SMILES string of the molecule is Cc1ccc2c3c1O[C@@H]1C(=O)CC[C@@H]4[C@H](C2)N(C)CC[C@@]314. The minimum atomic E-state index is -0.206. The number of Topliss-reactive ketones (excluding diaryl/α,β-unsaturated/α-hetero) is 1. The van der Waals surface area contributed by atoms with Gasteiger partial charge in [0, 0.05) is 23.4 Å². The van der Waals surface area contributed by atoms with Gasteiger partial charge in [0.15, 0.2) is 11.9 Å². The topological polar surface area (TPSA) is 29.5 Å². The van der Waals surface area contributed by atoms with Gasteiger partial charge < -0.3 is 9.64 Å². The second-order valence-electron chi connectivity index (χ2n) is 7.40. The van der Waals surface area contributed by atoms with Crippen molar-refractivity contribution in [3.63, 3.8) is 0 Å². The molecule has 1 spiro atoms. The maximum absolute atomic E-state index is 12.6. The van der Waals surface area contributed by atoms with Crippen molar-refractivity contribution in [2.75, 3.05) is 13.6 Å². The van der Waals surface area contributed by atoms with Crippen molar-refractivity contribution >= 4 is 5.78 Å². The number of ether oxygens (including phenoxy) is 1. The predicted molar refractivity (Wildman–Crippen MR) is 79.7 cm³/mol. The van der Waals surface area contributed by atoms with Gasteiger partial charge in [-0.25, -0.2) is 0 Å². The fourth-order valence-corrected chi connectivity index (χ4v) is 5.67. The van der Waals surface area contributed by atoms with Gasteiger partial charge in [-0.3, -0.25) is 4.79 Å². The average molecular weight is 283 g/mol. The molecule has 2 bridgehead atoms. The number of hydrogen-bond donors (Lipinski definition) is 0. The average Bonchev–Trinajstić information content (AvgIpc) is 2.83. The molecule has 0 N–H and O–H groups in total. The highest BCUT2D eigenvalue weighted by atomic mass is 16.5. The molecule has 1 aromatic carbocycles. The van der Waals surface area contributed by atoms with Crippen LogP contribution in [-0.2, 0) is 16.6 Å². The van der Waals surface area contributed by atoms with E-state index in [1.165, 1.54) is 16.7 Å². The van der Waals surface area contributed by atoms with E-state index in [1.54, 1.807) is 0 Å². The van der Waals surface area contributed by atoms with Crippen LogP contribution in [-0.4, -0.2) is 36.4 Å². The zero-order valence-electron chi connectivity index (χ0n) is 12.7. The van der Waals surface area contributed by atoms with Gasteiger partial charge in [0.1, 0.15) is 5.75 Å². The summed E-state index contributed by atoms with van der Waals surface area (Å²) in [4.78, 5) is 15.1. The van der Waals surface area contributed by atoms with E-state index in [-0.39, 0.29) is 11.5 Å². The number of rotatable bonds is 0. The first-order chi connectivity index (χ1) is 10.1. The molecule has 4 aliphatic rings. The summed E-state index contributed by atoms with van der Waals surface area (Å²) in [5, 5.41) is 0. The highest BCUT2D eigenvalue weighted by Crippen LogP contribution is 2.61. The highest BCUT2D eigenvalue weighted by Gasteiger charge is 2.65. The summed E-state index contributed by atoms with van der Waals surface area (Å²) in [7, 11) is 2.25. The van der Waals surface area contributed by atoms with Crippen LogP contribution in [0, 0.1) is 12.8 Å². The molecule has 21 heavy (non-hydrogen) atoms. The predicted octanol–water partition coefficient (Wildman–Crippen LogP) is 2.23. The molecule has 0 radical (unpaired) electrons. The van der Waals surface area contributed by atoms with E-state index in [2.05, 4.69) is 31.0 Å². The van der Waals surface area contributed by atoms with Gasteiger partial charge >= 0.3 is 0 Å². The lowest BCUT2D eigenvalue weighted by atomic mass is 9.51. The van der Waals surface area contributed by atoms with Crippen LogP contribution >= 0.6 is 0 Å². The Morgan fingerprint density at radius 2 is 2.24 bits per heavy atom. The van der Waals surface area contributed by atoms with Gasteiger partial charge in [-0.1, -0.05) is 12.1 Å². The zero-order chi connectivity index (χ0) is 14.4. The van der Waals surface area contributed by atoms with E-state index < -0.39 is 0 Å². The van der Waals surface area contributed by atoms with Crippen LogP contribution in [0.1, 0.15) is 36.0 Å². The molecule has 3 nitrogen and oxygen atoms in total. The third kappa shape index (κ3) is 1.24. The Labute approximate surface area is 125 Å². The molecule has 0 aromatic heterocycles. The maximum atomic E-state index is 12.6. The van der Waals surface area contributed by atoms with Crippen molar-refractivity contribution in [3.8, 4) is 5.75 Å². The smallest absolute Gasteiger partial charge is 0.174 e. The molecule has 4 atom stereocenters. The molecule has 2 fully saturated rings. The summed E-state index contributed by atoms with van der Waals surface area (Å²) < 4.78 is 6.29. The molecular weight excluding hydrogens is 262 g/mol. The van der Waals surface area contributed by atoms with Crippen LogP contribution in [0.15, 0.2) is 12.1 Å². The second kappa shape index (κ2) is 3.70. The largest absolute Gasteiger partial charge is 0.481 e. The van der Waals surface area contributed by atoms with Crippen LogP contribution in [0.25, 0.3) is 0 Å². The number of benzene rings is 1. The number of piperidine rings is 1. The molecule has 5 rings (SSSR count). The second-order valence-corrected chi connectivity index (χ2v) is 7.40. The highest BCUT2D eigenvalue weighted by molar-refractivity contribution is 5.89. The summed E-state index contributed by atoms with van der Waals surface area (Å²) in [6.45, 7) is 3.20. The molecular formula is C18H21NO2. The number of likely N-dealkylation sites (tertiary alicyclic amines) is 1. The Balaban J connectivity index is 1.83. The number of carbonyl (C=O) groups excluding carboxylic acids is 1. The summed E-state index contributed by atoms with van der Waals surface area (Å²) in [5.41, 5.74) is 4.03. The summed E-state index contributed by atoms with van der Waals surface area (Å²) in [6, 6.07) is 5.03. The molecule has 0 unspecified atom stereocenters. The molecule has 3 heteroatoms. The Kier molecular flexibility index (Phi) is 2.15.